The van der Waals surface area contributed by atoms with Gasteiger partial charge in [-0.1, -0.05) is 54.6 Å². The number of carbonyl (C=O) groups excluding carboxylic acids is 3. The lowest BCUT2D eigenvalue weighted by molar-refractivity contribution is -0.126. The number of carbonyl (C=O) groups is 3. The molecule has 206 valence electrons. The molecule has 1 heterocycles. The number of nitrogen functional groups attached to an aromatic ring is 1. The van der Waals surface area contributed by atoms with Crippen molar-refractivity contribution in [2.45, 2.75) is 26.1 Å². The number of nitrogens with two attached hydrogens (primary N) is 2. The van der Waals surface area contributed by atoms with Gasteiger partial charge in [-0.15, -0.1) is 0 Å². The molecule has 40 heavy (non-hydrogen) atoms. The number of hydrogen-bond acceptors (Lipinski definition) is 7. The topological polar surface area (TPSA) is 141 Å². The van der Waals surface area contributed by atoms with E-state index < -0.39 is 29.6 Å². The monoisotopic (exact) mass is 561 g/mol. The molecule has 0 bridgehead atoms. The predicted molar refractivity (Wildman–Crippen MR) is 150 cm³/mol. The van der Waals surface area contributed by atoms with Crippen LogP contribution in [0, 0.1) is 5.82 Å². The van der Waals surface area contributed by atoms with Gasteiger partial charge in [0, 0.05) is 13.1 Å². The summed E-state index contributed by atoms with van der Waals surface area (Å²) in [6, 6.07) is 20.6. The Balaban J connectivity index is 1.78. The summed E-state index contributed by atoms with van der Waals surface area (Å²) in [7, 11) is 0. The molecule has 1 aromatic heterocycles. The second kappa shape index (κ2) is 12.9. The summed E-state index contributed by atoms with van der Waals surface area (Å²) < 4.78 is 23.2. The molecule has 3 amide bonds. The van der Waals surface area contributed by atoms with Crippen LogP contribution in [0.25, 0.3) is 0 Å². The summed E-state index contributed by atoms with van der Waals surface area (Å²) >= 11 is 0.719. The fourth-order valence-corrected chi connectivity index (χ4v) is 4.86. The Hall–Kier alpha value is -4.77. The van der Waals surface area contributed by atoms with Gasteiger partial charge in [-0.2, -0.15) is 4.37 Å². The highest BCUT2D eigenvalue weighted by atomic mass is 32.1. The Kier molecular flexibility index (Phi) is 9.07. The largest absolute Gasteiger partial charge is 0.494 e. The van der Waals surface area contributed by atoms with Gasteiger partial charge >= 0.3 is 0 Å². The molecule has 4 rings (SSSR count). The molecule has 0 radical (unpaired) electrons. The fourth-order valence-electron chi connectivity index (χ4n) is 4.09. The van der Waals surface area contributed by atoms with Crippen molar-refractivity contribution < 1.29 is 23.5 Å². The van der Waals surface area contributed by atoms with Gasteiger partial charge < -0.3 is 26.4 Å². The Morgan fingerprint density at radius 1 is 1.00 bits per heavy atom. The number of nitrogens with one attached hydrogen (secondary N) is 1. The number of amides is 3. The smallest absolute Gasteiger partial charge is 0.270 e. The second-order valence-electron chi connectivity index (χ2n) is 8.81. The van der Waals surface area contributed by atoms with Crippen molar-refractivity contribution in [1.29, 1.82) is 0 Å². The van der Waals surface area contributed by atoms with Crippen LogP contribution >= 0.6 is 11.5 Å². The minimum absolute atomic E-state index is 0.0392. The van der Waals surface area contributed by atoms with Crippen LogP contribution in [0.1, 0.15) is 49.8 Å². The lowest BCUT2D eigenvalue weighted by atomic mass is 10.0. The summed E-state index contributed by atoms with van der Waals surface area (Å²) in [4.78, 5) is 40.9. The van der Waals surface area contributed by atoms with E-state index in [1.807, 2.05) is 37.3 Å². The summed E-state index contributed by atoms with van der Waals surface area (Å²) in [5.41, 5.74) is 13.0. The van der Waals surface area contributed by atoms with Crippen LogP contribution in [0.3, 0.4) is 0 Å². The zero-order chi connectivity index (χ0) is 28.6. The Morgan fingerprint density at radius 2 is 1.68 bits per heavy atom. The molecule has 0 unspecified atom stereocenters. The zero-order valence-corrected chi connectivity index (χ0v) is 22.5. The molecule has 0 spiro atoms. The van der Waals surface area contributed by atoms with Crippen LogP contribution in [0.15, 0.2) is 78.9 Å². The molecule has 11 heteroatoms. The lowest BCUT2D eigenvalue weighted by Gasteiger charge is -2.31. The fraction of sp³-hybridized carbons (Fsp3) is 0.172. The van der Waals surface area contributed by atoms with Crippen LogP contribution in [0.4, 0.5) is 10.1 Å². The molecule has 3 aromatic carbocycles. The van der Waals surface area contributed by atoms with Crippen molar-refractivity contribution in [1.82, 2.24) is 14.6 Å². The van der Waals surface area contributed by atoms with Gasteiger partial charge in [0.25, 0.3) is 11.8 Å². The van der Waals surface area contributed by atoms with Gasteiger partial charge in [0.1, 0.15) is 22.5 Å². The number of anilines is 1. The van der Waals surface area contributed by atoms with Crippen LogP contribution in [0.2, 0.25) is 0 Å². The van der Waals surface area contributed by atoms with Gasteiger partial charge in [0.05, 0.1) is 12.3 Å². The molecule has 0 fully saturated rings. The number of hydrogen-bond donors (Lipinski definition) is 3. The molecule has 1 atom stereocenters. The highest BCUT2D eigenvalue weighted by Gasteiger charge is 2.35. The van der Waals surface area contributed by atoms with Crippen LogP contribution in [-0.2, 0) is 17.9 Å². The van der Waals surface area contributed by atoms with Crippen LogP contribution < -0.4 is 21.5 Å². The highest BCUT2D eigenvalue weighted by molar-refractivity contribution is 7.09. The van der Waals surface area contributed by atoms with E-state index in [0.29, 0.717) is 23.5 Å². The third-order valence-corrected chi connectivity index (χ3v) is 6.91. The Labute approximate surface area is 234 Å². The van der Waals surface area contributed by atoms with E-state index in [1.54, 1.807) is 24.3 Å². The number of benzene rings is 3. The van der Waals surface area contributed by atoms with E-state index in [1.165, 1.54) is 29.2 Å². The van der Waals surface area contributed by atoms with Gasteiger partial charge in [0.2, 0.25) is 5.91 Å². The van der Waals surface area contributed by atoms with E-state index in [2.05, 4.69) is 9.69 Å². The van der Waals surface area contributed by atoms with Crippen molar-refractivity contribution in [3.05, 3.63) is 112 Å². The van der Waals surface area contributed by atoms with E-state index in [0.717, 1.165) is 17.1 Å². The van der Waals surface area contributed by atoms with E-state index in [-0.39, 0.29) is 29.3 Å². The van der Waals surface area contributed by atoms with Crippen molar-refractivity contribution >= 4 is 34.9 Å². The molecule has 5 N–H and O–H groups in total. The first-order chi connectivity index (χ1) is 19.3. The molecule has 0 aliphatic heterocycles. The number of ether oxygens (including phenoxy) is 1. The van der Waals surface area contributed by atoms with E-state index in [9.17, 15) is 18.8 Å². The average Bonchev–Trinajstić information content (AvgIpc) is 3.35. The lowest BCUT2D eigenvalue weighted by Crippen LogP contribution is -2.43. The minimum atomic E-state index is -1.13. The van der Waals surface area contributed by atoms with Gasteiger partial charge in [0.15, 0.2) is 5.69 Å². The maximum Gasteiger partial charge on any atom is 0.270 e. The van der Waals surface area contributed by atoms with Crippen LogP contribution in [-0.4, -0.2) is 33.6 Å². The number of primary amides is 1. The maximum absolute atomic E-state index is 14.0. The summed E-state index contributed by atoms with van der Waals surface area (Å²) in [5, 5.41) is 2.92. The van der Waals surface area contributed by atoms with Crippen molar-refractivity contribution in [3.63, 3.8) is 0 Å². The first-order valence-electron chi connectivity index (χ1n) is 12.4. The van der Waals surface area contributed by atoms with E-state index in [4.69, 9.17) is 16.2 Å². The van der Waals surface area contributed by atoms with Crippen molar-refractivity contribution in [2.75, 3.05) is 12.3 Å². The van der Waals surface area contributed by atoms with Crippen molar-refractivity contribution in [2.24, 2.45) is 5.73 Å². The van der Waals surface area contributed by atoms with E-state index >= 15 is 0 Å². The van der Waals surface area contributed by atoms with Crippen LogP contribution in [0.5, 0.6) is 5.75 Å². The number of rotatable bonds is 11. The van der Waals surface area contributed by atoms with Gasteiger partial charge in [-0.05, 0) is 59.4 Å². The number of nitrogens with zero attached hydrogens (tertiary/aromatic N) is 2. The normalized spacial score (nSPS) is 11.4. The predicted octanol–water partition coefficient (Wildman–Crippen LogP) is 4.06. The average molecular weight is 562 g/mol. The molecule has 4 aromatic rings. The number of aromatic nitrogens is 1. The molecular formula is C29H28FN5O4S. The van der Waals surface area contributed by atoms with Gasteiger partial charge in [-0.25, -0.2) is 4.39 Å². The molecule has 0 saturated carbocycles. The summed E-state index contributed by atoms with van der Waals surface area (Å²) in [5.74, 6) is -1.81. The summed E-state index contributed by atoms with van der Waals surface area (Å²) in [6.07, 6.45) is 0. The third-order valence-electron chi connectivity index (χ3n) is 6.06. The van der Waals surface area contributed by atoms with Gasteiger partial charge in [-0.3, -0.25) is 14.4 Å². The Morgan fingerprint density at radius 3 is 2.27 bits per heavy atom. The first-order valence-corrected chi connectivity index (χ1v) is 13.2. The second-order valence-corrected chi connectivity index (χ2v) is 9.58. The highest BCUT2D eigenvalue weighted by Crippen LogP contribution is 2.31. The van der Waals surface area contributed by atoms with Crippen molar-refractivity contribution in [3.8, 4) is 5.75 Å². The minimum Gasteiger partial charge on any atom is -0.494 e. The zero-order valence-electron chi connectivity index (χ0n) is 21.7. The Bertz CT molecular complexity index is 1480. The first kappa shape index (κ1) is 28.2. The standard InChI is InChI=1S/C29H28FN5O4S/c1-2-39-22-14-10-20(11-15-22)25(28(37)33-16-18-6-4-3-5-7-18)35(17-19-8-12-21(30)13-9-19)29(38)26-23(31)24(27(32)36)34-40-26/h3-15,25H,2,16-17,31H2,1H3,(H2,32,36)(H,33,37)/t25-/m0/s1. The molecular weight excluding hydrogens is 533 g/mol. The molecule has 0 aliphatic carbocycles. The quantitative estimate of drug-likeness (QED) is 0.252. The SMILES string of the molecule is CCOc1ccc([C@@H](C(=O)NCc2ccccc2)N(Cc2ccc(F)cc2)C(=O)c2snc(C(N)=O)c2N)cc1. The maximum atomic E-state index is 14.0. The summed E-state index contributed by atoms with van der Waals surface area (Å²) in [6.45, 7) is 2.47. The molecule has 0 saturated heterocycles. The number of halogens is 1. The molecule has 9 nitrogen and oxygen atoms in total. The molecule has 0 aliphatic rings. The third kappa shape index (κ3) is 6.62.